The first kappa shape index (κ1) is 29.9. The van der Waals surface area contributed by atoms with Crippen molar-refractivity contribution in [3.63, 3.8) is 0 Å². The average molecular weight is 529 g/mol. The van der Waals surface area contributed by atoms with Gasteiger partial charge in [-0.05, 0) is 45.4 Å². The van der Waals surface area contributed by atoms with Gasteiger partial charge in [-0.15, -0.1) is 11.8 Å². The lowest BCUT2D eigenvalue weighted by atomic mass is 9.81. The molecule has 1 fully saturated rings. The Morgan fingerprint density at radius 3 is 2.50 bits per heavy atom. The topological polar surface area (TPSA) is 165 Å². The third-order valence-electron chi connectivity index (χ3n) is 6.00. The minimum atomic E-state index is -0.802. The zero-order valence-corrected chi connectivity index (χ0v) is 22.0. The van der Waals surface area contributed by atoms with Gasteiger partial charge in [0.25, 0.3) is 0 Å². The number of nitrogens with two attached hydrogens (primary N) is 1. The molecule has 2 amide bonds. The number of hydrogen-bond donors (Lipinski definition) is 5. The standard InChI is InChI=1S/C24H40N4O7S/c1-3-26-22(31)18-6-4-17(5-7-18)13-28-21(30)12-20(24(28)33)36-15-19(25)23(32)27-8-9-34-10-11-35-14-16(2)29/h12,17-19,30,33H,3-11,13-15,25H2,1-2H3,(H,26,31)(H,27,32)/t17?,18?,19-/m0/s1. The molecule has 1 saturated carbocycles. The molecule has 204 valence electrons. The van der Waals surface area contributed by atoms with Crippen LogP contribution in [0.2, 0.25) is 0 Å². The molecule has 36 heavy (non-hydrogen) atoms. The first-order valence-electron chi connectivity index (χ1n) is 12.4. The second-order valence-corrected chi connectivity index (χ2v) is 10.1. The molecule has 6 N–H and O–H groups in total. The van der Waals surface area contributed by atoms with Gasteiger partial charge in [0.1, 0.15) is 6.61 Å². The van der Waals surface area contributed by atoms with Crippen molar-refractivity contribution in [3.8, 4) is 11.8 Å². The van der Waals surface area contributed by atoms with Gasteiger partial charge in [0, 0.05) is 37.4 Å². The van der Waals surface area contributed by atoms with E-state index >= 15 is 0 Å². The van der Waals surface area contributed by atoms with Crippen LogP contribution in [0.15, 0.2) is 11.0 Å². The van der Waals surface area contributed by atoms with Crippen LogP contribution in [0, 0.1) is 11.8 Å². The summed E-state index contributed by atoms with van der Waals surface area (Å²) in [6.07, 6.45) is 3.29. The lowest BCUT2D eigenvalue weighted by Crippen LogP contribution is -2.43. The predicted molar refractivity (Wildman–Crippen MR) is 136 cm³/mol. The molecule has 1 aromatic heterocycles. The number of aromatic hydroxyl groups is 2. The van der Waals surface area contributed by atoms with E-state index in [2.05, 4.69) is 10.6 Å². The van der Waals surface area contributed by atoms with Crippen molar-refractivity contribution in [1.82, 2.24) is 15.2 Å². The van der Waals surface area contributed by atoms with E-state index in [0.29, 0.717) is 31.2 Å². The van der Waals surface area contributed by atoms with Crippen molar-refractivity contribution < 1.29 is 34.1 Å². The van der Waals surface area contributed by atoms with Gasteiger partial charge in [0.05, 0.1) is 30.8 Å². The van der Waals surface area contributed by atoms with Gasteiger partial charge in [0.15, 0.2) is 11.7 Å². The van der Waals surface area contributed by atoms with Gasteiger partial charge in [0.2, 0.25) is 17.7 Å². The minimum Gasteiger partial charge on any atom is -0.494 e. The molecular formula is C24H40N4O7S. The monoisotopic (exact) mass is 528 g/mol. The maximum atomic E-state index is 12.2. The Balaban J connectivity index is 1.70. The summed E-state index contributed by atoms with van der Waals surface area (Å²) in [7, 11) is 0. The van der Waals surface area contributed by atoms with Crippen LogP contribution in [0.25, 0.3) is 0 Å². The summed E-state index contributed by atoms with van der Waals surface area (Å²) in [5, 5.41) is 26.5. The molecule has 0 bridgehead atoms. The number of aromatic nitrogens is 1. The number of thioether (sulfide) groups is 1. The van der Waals surface area contributed by atoms with E-state index in [1.54, 1.807) is 0 Å². The highest BCUT2D eigenvalue weighted by Crippen LogP contribution is 2.38. The number of carbonyl (C=O) groups is 3. The number of carbonyl (C=O) groups excluding carboxylic acids is 3. The Morgan fingerprint density at radius 2 is 1.83 bits per heavy atom. The maximum Gasteiger partial charge on any atom is 0.237 e. The molecule has 1 aromatic rings. The molecule has 1 atom stereocenters. The fraction of sp³-hybridized carbons (Fsp3) is 0.708. The molecule has 0 radical (unpaired) electrons. The number of rotatable bonds is 16. The van der Waals surface area contributed by atoms with Crippen molar-refractivity contribution >= 4 is 29.4 Å². The molecule has 0 saturated heterocycles. The van der Waals surface area contributed by atoms with Gasteiger partial charge in [-0.3, -0.25) is 19.0 Å². The average Bonchev–Trinajstić information content (AvgIpc) is 3.11. The molecule has 0 unspecified atom stereocenters. The molecule has 12 heteroatoms. The van der Waals surface area contributed by atoms with Crippen LogP contribution in [-0.2, 0) is 30.4 Å². The van der Waals surface area contributed by atoms with E-state index in [9.17, 15) is 24.6 Å². The third-order valence-corrected chi connectivity index (χ3v) is 7.14. The Kier molecular flexibility index (Phi) is 13.1. The summed E-state index contributed by atoms with van der Waals surface area (Å²) in [6.45, 7) is 5.70. The van der Waals surface area contributed by atoms with Crippen LogP contribution < -0.4 is 16.4 Å². The molecular weight excluding hydrogens is 488 g/mol. The van der Waals surface area contributed by atoms with Crippen LogP contribution in [0.4, 0.5) is 0 Å². The van der Waals surface area contributed by atoms with Gasteiger partial charge in [-0.2, -0.15) is 0 Å². The third kappa shape index (κ3) is 10.00. The van der Waals surface area contributed by atoms with E-state index in [1.165, 1.54) is 29.3 Å². The summed E-state index contributed by atoms with van der Waals surface area (Å²) in [5.41, 5.74) is 5.97. The number of nitrogens with one attached hydrogen (secondary N) is 2. The van der Waals surface area contributed by atoms with Crippen LogP contribution in [-0.4, -0.2) is 83.7 Å². The Hall–Kier alpha value is -2.28. The lowest BCUT2D eigenvalue weighted by Gasteiger charge is -2.28. The van der Waals surface area contributed by atoms with Crippen molar-refractivity contribution in [2.75, 3.05) is 45.3 Å². The normalized spacial score (nSPS) is 18.5. The van der Waals surface area contributed by atoms with Gasteiger partial charge in [-0.25, -0.2) is 0 Å². The summed E-state index contributed by atoms with van der Waals surface area (Å²) in [5.74, 6) is 0.139. The highest BCUT2D eigenvalue weighted by Gasteiger charge is 2.27. The lowest BCUT2D eigenvalue weighted by molar-refractivity contribution is -0.126. The minimum absolute atomic E-state index is 0.0325. The summed E-state index contributed by atoms with van der Waals surface area (Å²) < 4.78 is 11.9. The molecule has 0 aromatic carbocycles. The van der Waals surface area contributed by atoms with E-state index in [4.69, 9.17) is 15.2 Å². The van der Waals surface area contributed by atoms with Crippen molar-refractivity contribution in [1.29, 1.82) is 0 Å². The Bertz CT molecular complexity index is 856. The number of nitrogens with zero attached hydrogens (tertiary/aromatic N) is 1. The summed E-state index contributed by atoms with van der Waals surface area (Å²) in [4.78, 5) is 35.4. The number of hydrogen-bond acceptors (Lipinski definition) is 9. The predicted octanol–water partition coefficient (Wildman–Crippen LogP) is 1.000. The second-order valence-electron chi connectivity index (χ2n) is 8.99. The smallest absolute Gasteiger partial charge is 0.237 e. The molecule has 2 rings (SSSR count). The van der Waals surface area contributed by atoms with E-state index < -0.39 is 6.04 Å². The van der Waals surface area contributed by atoms with Crippen molar-refractivity contribution in [2.45, 2.75) is 57.0 Å². The largest absolute Gasteiger partial charge is 0.494 e. The van der Waals surface area contributed by atoms with Crippen LogP contribution in [0.5, 0.6) is 11.8 Å². The molecule has 0 spiro atoms. The highest BCUT2D eigenvalue weighted by atomic mass is 32.2. The van der Waals surface area contributed by atoms with E-state index in [-0.39, 0.29) is 66.7 Å². The fourth-order valence-electron chi connectivity index (χ4n) is 4.04. The number of ketones is 1. The van der Waals surface area contributed by atoms with Gasteiger partial charge in [-0.1, -0.05) is 0 Å². The fourth-order valence-corrected chi connectivity index (χ4v) is 4.98. The quantitative estimate of drug-likeness (QED) is 0.155. The first-order valence-corrected chi connectivity index (χ1v) is 13.4. The van der Waals surface area contributed by atoms with Crippen LogP contribution in [0.3, 0.4) is 0 Å². The molecule has 1 aliphatic carbocycles. The number of ether oxygens (including phenoxy) is 2. The Morgan fingerprint density at radius 1 is 1.14 bits per heavy atom. The van der Waals surface area contributed by atoms with E-state index in [0.717, 1.165) is 25.7 Å². The van der Waals surface area contributed by atoms with Crippen molar-refractivity contribution in [3.05, 3.63) is 6.07 Å². The van der Waals surface area contributed by atoms with Gasteiger partial charge < -0.3 is 36.1 Å². The van der Waals surface area contributed by atoms with Crippen LogP contribution >= 0.6 is 11.8 Å². The van der Waals surface area contributed by atoms with Crippen molar-refractivity contribution in [2.24, 2.45) is 17.6 Å². The summed E-state index contributed by atoms with van der Waals surface area (Å²) >= 11 is 1.20. The zero-order chi connectivity index (χ0) is 26.5. The molecule has 1 heterocycles. The number of amides is 2. The Labute approximate surface area is 216 Å². The SMILES string of the molecule is CCNC(=O)C1CCC(Cn2c(O)cc(SC[C@H](N)C(=O)NCCOCCOCC(C)=O)c2O)CC1. The molecule has 11 nitrogen and oxygen atoms in total. The van der Waals surface area contributed by atoms with Crippen LogP contribution in [0.1, 0.15) is 39.5 Å². The second kappa shape index (κ2) is 15.7. The zero-order valence-electron chi connectivity index (χ0n) is 21.2. The van der Waals surface area contributed by atoms with Gasteiger partial charge >= 0.3 is 0 Å². The first-order chi connectivity index (χ1) is 17.2. The van der Waals surface area contributed by atoms with E-state index in [1.807, 2.05) is 6.92 Å². The highest BCUT2D eigenvalue weighted by molar-refractivity contribution is 7.99. The molecule has 1 aliphatic rings. The summed E-state index contributed by atoms with van der Waals surface area (Å²) in [6, 6.07) is 0.677. The maximum absolute atomic E-state index is 12.2. The number of Topliss-reactive ketones (excluding diaryl/α,β-unsaturated/α-hetero) is 1. The molecule has 0 aliphatic heterocycles.